The molecule has 0 unspecified atom stereocenters. The van der Waals surface area contributed by atoms with Crippen molar-refractivity contribution in [2.45, 2.75) is 16.7 Å². The average Bonchev–Trinajstić information content (AvgIpc) is 2.87. The van der Waals surface area contributed by atoms with Crippen LogP contribution in [0.2, 0.25) is 0 Å². The highest BCUT2D eigenvalue weighted by Crippen LogP contribution is 2.42. The number of anilines is 3. The van der Waals surface area contributed by atoms with E-state index in [1.54, 1.807) is 30.2 Å². The number of rotatable bonds is 4. The van der Waals surface area contributed by atoms with Crippen molar-refractivity contribution in [1.29, 1.82) is 0 Å². The topological polar surface area (TPSA) is 70.7 Å². The summed E-state index contributed by atoms with van der Waals surface area (Å²) in [6.07, 6.45) is 0. The number of methoxy groups -OCH3 is 1. The van der Waals surface area contributed by atoms with E-state index >= 15 is 0 Å². The van der Waals surface area contributed by atoms with Crippen LogP contribution in [0.15, 0.2) is 76.5 Å². The number of para-hydroxylation sites is 2. The zero-order valence-electron chi connectivity index (χ0n) is 16.6. The molecule has 0 atom stereocenters. The standard InChI is InChI=1S/C23H21N3O3S/c1-3-26-18-13-12-15(24-23(28)25-17-9-5-6-10-19(17)29-2)14-21(18)30-20-11-7-4-8-16(20)22(26)27/h4-14H,3H2,1-2H3,(H2,24,25,28). The van der Waals surface area contributed by atoms with E-state index in [2.05, 4.69) is 10.6 Å². The van der Waals surface area contributed by atoms with Crippen LogP contribution >= 0.6 is 11.8 Å². The third kappa shape index (κ3) is 3.84. The van der Waals surface area contributed by atoms with Crippen LogP contribution in [0, 0.1) is 0 Å². The number of urea groups is 1. The minimum atomic E-state index is -0.373. The molecule has 1 heterocycles. The van der Waals surface area contributed by atoms with Crippen molar-refractivity contribution in [3.05, 3.63) is 72.3 Å². The molecule has 7 heteroatoms. The Morgan fingerprint density at radius 1 is 1.00 bits per heavy atom. The maximum atomic E-state index is 13.0. The first kappa shape index (κ1) is 19.8. The lowest BCUT2D eigenvalue weighted by molar-refractivity contribution is 0.0985. The number of nitrogens with one attached hydrogen (secondary N) is 2. The van der Waals surface area contributed by atoms with Gasteiger partial charge in [-0.2, -0.15) is 0 Å². The van der Waals surface area contributed by atoms with Crippen molar-refractivity contribution >= 4 is 40.8 Å². The monoisotopic (exact) mass is 419 g/mol. The Bertz CT molecular complexity index is 1120. The molecule has 3 aromatic rings. The predicted molar refractivity (Wildman–Crippen MR) is 120 cm³/mol. The van der Waals surface area contributed by atoms with Gasteiger partial charge in [-0.1, -0.05) is 36.0 Å². The highest BCUT2D eigenvalue weighted by Gasteiger charge is 2.26. The number of carbonyl (C=O) groups excluding carboxylic acids is 2. The second-order valence-electron chi connectivity index (χ2n) is 6.61. The van der Waals surface area contributed by atoms with Gasteiger partial charge in [-0.05, 0) is 49.4 Å². The zero-order chi connectivity index (χ0) is 21.1. The minimum Gasteiger partial charge on any atom is -0.495 e. The van der Waals surface area contributed by atoms with Crippen LogP contribution in [-0.2, 0) is 0 Å². The smallest absolute Gasteiger partial charge is 0.323 e. The maximum absolute atomic E-state index is 13.0. The molecule has 3 amide bonds. The number of carbonyl (C=O) groups is 2. The molecule has 6 nitrogen and oxygen atoms in total. The average molecular weight is 420 g/mol. The summed E-state index contributed by atoms with van der Waals surface area (Å²) in [6, 6.07) is 20.0. The molecule has 0 saturated heterocycles. The molecule has 1 aliphatic heterocycles. The molecule has 0 spiro atoms. The second-order valence-corrected chi connectivity index (χ2v) is 7.69. The fourth-order valence-electron chi connectivity index (χ4n) is 3.35. The number of hydrogen-bond donors (Lipinski definition) is 2. The van der Waals surface area contributed by atoms with Crippen LogP contribution in [0.4, 0.5) is 21.9 Å². The van der Waals surface area contributed by atoms with E-state index in [1.807, 2.05) is 55.5 Å². The van der Waals surface area contributed by atoms with E-state index in [0.717, 1.165) is 15.5 Å². The Hall–Kier alpha value is -3.45. The number of benzene rings is 3. The molecular formula is C23H21N3O3S. The Morgan fingerprint density at radius 2 is 1.77 bits per heavy atom. The van der Waals surface area contributed by atoms with Crippen molar-refractivity contribution in [3.8, 4) is 5.75 Å². The molecular weight excluding hydrogens is 398 g/mol. The summed E-state index contributed by atoms with van der Waals surface area (Å²) in [5, 5.41) is 5.66. The van der Waals surface area contributed by atoms with Gasteiger partial charge >= 0.3 is 6.03 Å². The molecule has 30 heavy (non-hydrogen) atoms. The summed E-state index contributed by atoms with van der Waals surface area (Å²) in [5.74, 6) is 0.563. The Kier molecular flexibility index (Phi) is 5.63. The number of fused-ring (bicyclic) bond motifs is 2. The fourth-order valence-corrected chi connectivity index (χ4v) is 4.47. The van der Waals surface area contributed by atoms with E-state index in [1.165, 1.54) is 11.8 Å². The molecule has 0 saturated carbocycles. The Morgan fingerprint density at radius 3 is 2.57 bits per heavy atom. The molecule has 0 aromatic heterocycles. The summed E-state index contributed by atoms with van der Waals surface area (Å²) < 4.78 is 5.27. The van der Waals surface area contributed by atoms with Crippen molar-refractivity contribution < 1.29 is 14.3 Å². The second kappa shape index (κ2) is 8.51. The van der Waals surface area contributed by atoms with E-state index in [9.17, 15) is 9.59 Å². The highest BCUT2D eigenvalue weighted by atomic mass is 32.2. The quantitative estimate of drug-likeness (QED) is 0.588. The lowest BCUT2D eigenvalue weighted by Gasteiger charge is -2.21. The summed E-state index contributed by atoms with van der Waals surface area (Å²) in [5.41, 5.74) is 2.73. The number of hydrogen-bond acceptors (Lipinski definition) is 4. The zero-order valence-corrected chi connectivity index (χ0v) is 17.5. The van der Waals surface area contributed by atoms with Gasteiger partial charge in [0, 0.05) is 22.0 Å². The molecule has 3 aromatic carbocycles. The van der Waals surface area contributed by atoms with Gasteiger partial charge in [-0.25, -0.2) is 4.79 Å². The third-order valence-corrected chi connectivity index (χ3v) is 5.89. The van der Waals surface area contributed by atoms with Gasteiger partial charge in [0.25, 0.3) is 5.91 Å². The summed E-state index contributed by atoms with van der Waals surface area (Å²) in [6.45, 7) is 2.51. The minimum absolute atomic E-state index is 0.0195. The first-order valence-electron chi connectivity index (χ1n) is 9.54. The van der Waals surface area contributed by atoms with E-state index in [0.29, 0.717) is 29.2 Å². The first-order valence-corrected chi connectivity index (χ1v) is 10.4. The lowest BCUT2D eigenvalue weighted by Crippen LogP contribution is -2.30. The van der Waals surface area contributed by atoms with E-state index in [4.69, 9.17) is 4.74 Å². The van der Waals surface area contributed by atoms with Crippen LogP contribution in [0.1, 0.15) is 17.3 Å². The molecule has 0 fully saturated rings. The van der Waals surface area contributed by atoms with E-state index < -0.39 is 0 Å². The predicted octanol–water partition coefficient (Wildman–Crippen LogP) is 5.47. The van der Waals surface area contributed by atoms with Crippen molar-refractivity contribution in [2.75, 3.05) is 29.2 Å². The molecule has 0 bridgehead atoms. The molecule has 152 valence electrons. The van der Waals surface area contributed by atoms with Gasteiger partial charge < -0.3 is 20.3 Å². The fraction of sp³-hybridized carbons (Fsp3) is 0.130. The largest absolute Gasteiger partial charge is 0.495 e. The van der Waals surface area contributed by atoms with Gasteiger partial charge in [0.2, 0.25) is 0 Å². The molecule has 0 radical (unpaired) electrons. The number of amides is 3. The van der Waals surface area contributed by atoms with Crippen LogP contribution in [0.3, 0.4) is 0 Å². The number of ether oxygens (including phenoxy) is 1. The van der Waals surface area contributed by atoms with Gasteiger partial charge in [-0.15, -0.1) is 0 Å². The lowest BCUT2D eigenvalue weighted by atomic mass is 10.1. The Balaban J connectivity index is 1.60. The van der Waals surface area contributed by atoms with Crippen molar-refractivity contribution in [2.24, 2.45) is 0 Å². The SMILES string of the molecule is CCN1C(=O)c2ccccc2Sc2cc(NC(=O)Nc3ccccc3OC)ccc21. The normalized spacial score (nSPS) is 12.5. The van der Waals surface area contributed by atoms with Gasteiger partial charge in [0.1, 0.15) is 5.75 Å². The highest BCUT2D eigenvalue weighted by molar-refractivity contribution is 7.99. The summed E-state index contributed by atoms with van der Waals surface area (Å²) >= 11 is 1.52. The summed E-state index contributed by atoms with van der Waals surface area (Å²) in [7, 11) is 1.56. The first-order chi connectivity index (χ1) is 14.6. The molecule has 4 rings (SSSR count). The van der Waals surface area contributed by atoms with Crippen LogP contribution in [0.25, 0.3) is 0 Å². The van der Waals surface area contributed by atoms with Gasteiger partial charge in [0.15, 0.2) is 0 Å². The number of nitrogens with zero attached hydrogens (tertiary/aromatic N) is 1. The summed E-state index contributed by atoms with van der Waals surface area (Å²) in [4.78, 5) is 29.0. The van der Waals surface area contributed by atoms with Crippen LogP contribution in [-0.4, -0.2) is 25.6 Å². The van der Waals surface area contributed by atoms with Crippen LogP contribution < -0.4 is 20.3 Å². The van der Waals surface area contributed by atoms with Crippen molar-refractivity contribution in [3.63, 3.8) is 0 Å². The van der Waals surface area contributed by atoms with Gasteiger partial charge in [0.05, 0.1) is 24.0 Å². The molecule has 2 N–H and O–H groups in total. The molecule has 0 aliphatic carbocycles. The maximum Gasteiger partial charge on any atom is 0.323 e. The van der Waals surface area contributed by atoms with Crippen molar-refractivity contribution in [1.82, 2.24) is 0 Å². The Labute approximate surface area is 179 Å². The van der Waals surface area contributed by atoms with Gasteiger partial charge in [-0.3, -0.25) is 4.79 Å². The van der Waals surface area contributed by atoms with E-state index in [-0.39, 0.29) is 11.9 Å². The van der Waals surface area contributed by atoms with Crippen LogP contribution in [0.5, 0.6) is 5.75 Å². The molecule has 1 aliphatic rings. The third-order valence-electron chi connectivity index (χ3n) is 4.76.